The summed E-state index contributed by atoms with van der Waals surface area (Å²) in [5, 5.41) is 10.4. The Balaban J connectivity index is 2.11. The molecule has 21 heavy (non-hydrogen) atoms. The summed E-state index contributed by atoms with van der Waals surface area (Å²) in [6, 6.07) is 16.0. The van der Waals surface area contributed by atoms with E-state index in [0.29, 0.717) is 5.75 Å². The lowest BCUT2D eigenvalue weighted by atomic mass is 9.69. The molecule has 0 aromatic heterocycles. The fourth-order valence-electron chi connectivity index (χ4n) is 3.64. The van der Waals surface area contributed by atoms with E-state index in [-0.39, 0.29) is 5.41 Å². The molecule has 0 heterocycles. The summed E-state index contributed by atoms with van der Waals surface area (Å²) in [6.45, 7) is 0. The van der Waals surface area contributed by atoms with Gasteiger partial charge in [0, 0.05) is 10.4 Å². The van der Waals surface area contributed by atoms with Crippen molar-refractivity contribution < 1.29 is 5.11 Å². The van der Waals surface area contributed by atoms with Crippen molar-refractivity contribution in [2.24, 2.45) is 0 Å². The number of hydrogen-bond donors (Lipinski definition) is 1. The number of hydrogen-bond acceptors (Lipinski definition) is 1. The standard InChI is InChI=1S/C19H21ClO/c20-17-7-5-6-16(14-17)19(12-3-1-2-4-13-19)15-8-10-18(21)11-9-15/h5-11,14,21H,1-4,12-13H2. The van der Waals surface area contributed by atoms with Crippen LogP contribution in [-0.2, 0) is 5.41 Å². The van der Waals surface area contributed by atoms with E-state index in [1.807, 2.05) is 12.1 Å². The predicted octanol–water partition coefficient (Wildman–Crippen LogP) is 5.69. The molecule has 1 fully saturated rings. The molecular formula is C19H21ClO. The molecule has 1 aliphatic carbocycles. The lowest BCUT2D eigenvalue weighted by Gasteiger charge is -2.34. The van der Waals surface area contributed by atoms with Crippen LogP contribution in [0.1, 0.15) is 49.7 Å². The Morgan fingerprint density at radius 1 is 0.810 bits per heavy atom. The molecule has 1 nitrogen and oxygen atoms in total. The average Bonchev–Trinajstić information content (AvgIpc) is 2.75. The van der Waals surface area contributed by atoms with Crippen LogP contribution in [-0.4, -0.2) is 5.11 Å². The quantitative estimate of drug-likeness (QED) is 0.707. The van der Waals surface area contributed by atoms with E-state index in [0.717, 1.165) is 17.9 Å². The summed E-state index contributed by atoms with van der Waals surface area (Å²) in [5.41, 5.74) is 2.64. The first-order chi connectivity index (χ1) is 10.2. The highest BCUT2D eigenvalue weighted by molar-refractivity contribution is 6.30. The Hall–Kier alpha value is -1.47. The SMILES string of the molecule is Oc1ccc(C2(c3cccc(Cl)c3)CCCCCC2)cc1. The molecule has 1 saturated carbocycles. The van der Waals surface area contributed by atoms with Crippen molar-refractivity contribution in [1.29, 1.82) is 0 Å². The van der Waals surface area contributed by atoms with Gasteiger partial charge in [-0.2, -0.15) is 0 Å². The van der Waals surface area contributed by atoms with Crippen LogP contribution < -0.4 is 0 Å². The number of phenolic OH excluding ortho intramolecular Hbond substituents is 1. The van der Waals surface area contributed by atoms with Crippen molar-refractivity contribution in [2.75, 3.05) is 0 Å². The maximum atomic E-state index is 9.59. The number of aromatic hydroxyl groups is 1. The molecule has 0 saturated heterocycles. The van der Waals surface area contributed by atoms with E-state index < -0.39 is 0 Å². The van der Waals surface area contributed by atoms with Crippen LogP contribution in [0.5, 0.6) is 5.75 Å². The highest BCUT2D eigenvalue weighted by atomic mass is 35.5. The van der Waals surface area contributed by atoms with Gasteiger partial charge in [0.25, 0.3) is 0 Å². The van der Waals surface area contributed by atoms with Gasteiger partial charge in [-0.3, -0.25) is 0 Å². The maximum absolute atomic E-state index is 9.59. The summed E-state index contributed by atoms with van der Waals surface area (Å²) in [7, 11) is 0. The van der Waals surface area contributed by atoms with Gasteiger partial charge in [0.15, 0.2) is 0 Å². The minimum atomic E-state index is 0.0368. The van der Waals surface area contributed by atoms with E-state index in [4.69, 9.17) is 11.6 Å². The van der Waals surface area contributed by atoms with Gasteiger partial charge < -0.3 is 5.11 Å². The molecule has 0 amide bonds. The zero-order valence-corrected chi connectivity index (χ0v) is 12.9. The van der Waals surface area contributed by atoms with E-state index >= 15 is 0 Å². The Bertz CT molecular complexity index is 595. The highest BCUT2D eigenvalue weighted by Crippen LogP contribution is 2.44. The minimum Gasteiger partial charge on any atom is -0.508 e. The molecule has 0 unspecified atom stereocenters. The molecule has 110 valence electrons. The average molecular weight is 301 g/mol. The normalized spacial score (nSPS) is 18.1. The van der Waals surface area contributed by atoms with E-state index in [1.54, 1.807) is 12.1 Å². The molecule has 1 aliphatic rings. The summed E-state index contributed by atoms with van der Waals surface area (Å²) in [5.74, 6) is 0.327. The van der Waals surface area contributed by atoms with Crippen LogP contribution in [0.25, 0.3) is 0 Å². The lowest BCUT2D eigenvalue weighted by molar-refractivity contribution is 0.442. The van der Waals surface area contributed by atoms with Crippen molar-refractivity contribution in [3.8, 4) is 5.75 Å². The van der Waals surface area contributed by atoms with Gasteiger partial charge in [-0.15, -0.1) is 0 Å². The van der Waals surface area contributed by atoms with E-state index in [1.165, 1.54) is 36.8 Å². The van der Waals surface area contributed by atoms with Crippen molar-refractivity contribution in [3.05, 3.63) is 64.7 Å². The lowest BCUT2D eigenvalue weighted by Crippen LogP contribution is -2.27. The van der Waals surface area contributed by atoms with Crippen molar-refractivity contribution in [2.45, 2.75) is 43.9 Å². The third kappa shape index (κ3) is 2.94. The van der Waals surface area contributed by atoms with Gasteiger partial charge in [0.05, 0.1) is 0 Å². The first-order valence-electron chi connectivity index (χ1n) is 7.76. The van der Waals surface area contributed by atoms with Crippen LogP contribution in [0.4, 0.5) is 0 Å². The summed E-state index contributed by atoms with van der Waals surface area (Å²) in [4.78, 5) is 0. The van der Waals surface area contributed by atoms with Gasteiger partial charge in [-0.1, -0.05) is 61.5 Å². The summed E-state index contributed by atoms with van der Waals surface area (Å²) >= 11 is 6.24. The predicted molar refractivity (Wildman–Crippen MR) is 88.0 cm³/mol. The van der Waals surface area contributed by atoms with E-state index in [2.05, 4.69) is 24.3 Å². The molecule has 2 aromatic rings. The van der Waals surface area contributed by atoms with Crippen LogP contribution in [0.15, 0.2) is 48.5 Å². The molecule has 1 N–H and O–H groups in total. The second-order valence-electron chi connectivity index (χ2n) is 6.05. The fourth-order valence-corrected chi connectivity index (χ4v) is 3.83. The fraction of sp³-hybridized carbons (Fsp3) is 0.368. The molecule has 2 aromatic carbocycles. The molecule has 0 bridgehead atoms. The highest BCUT2D eigenvalue weighted by Gasteiger charge is 2.34. The molecule has 0 spiro atoms. The van der Waals surface area contributed by atoms with Gasteiger partial charge >= 0.3 is 0 Å². The monoisotopic (exact) mass is 300 g/mol. The second kappa shape index (κ2) is 6.11. The van der Waals surface area contributed by atoms with Crippen molar-refractivity contribution >= 4 is 11.6 Å². The molecule has 0 aliphatic heterocycles. The molecular weight excluding hydrogens is 280 g/mol. The largest absolute Gasteiger partial charge is 0.508 e. The van der Waals surface area contributed by atoms with Crippen LogP contribution in [0, 0.1) is 0 Å². The Morgan fingerprint density at radius 3 is 2.10 bits per heavy atom. The van der Waals surface area contributed by atoms with E-state index in [9.17, 15) is 5.11 Å². The third-order valence-electron chi connectivity index (χ3n) is 4.75. The number of phenols is 1. The van der Waals surface area contributed by atoms with Gasteiger partial charge in [0.1, 0.15) is 5.75 Å². The summed E-state index contributed by atoms with van der Waals surface area (Å²) < 4.78 is 0. The van der Waals surface area contributed by atoms with Crippen molar-refractivity contribution in [3.63, 3.8) is 0 Å². The smallest absolute Gasteiger partial charge is 0.115 e. The maximum Gasteiger partial charge on any atom is 0.115 e. The van der Waals surface area contributed by atoms with Crippen LogP contribution >= 0.6 is 11.6 Å². The van der Waals surface area contributed by atoms with Crippen LogP contribution in [0.3, 0.4) is 0 Å². The molecule has 2 heteroatoms. The first kappa shape index (κ1) is 14.5. The summed E-state index contributed by atoms with van der Waals surface area (Å²) in [6.07, 6.45) is 7.40. The Kier molecular flexibility index (Phi) is 4.21. The third-order valence-corrected chi connectivity index (χ3v) is 4.99. The van der Waals surface area contributed by atoms with Gasteiger partial charge in [-0.05, 0) is 48.2 Å². The number of halogens is 1. The number of rotatable bonds is 2. The molecule has 3 rings (SSSR count). The zero-order chi connectivity index (χ0) is 14.7. The Labute approximate surface area is 131 Å². The molecule has 0 radical (unpaired) electrons. The van der Waals surface area contributed by atoms with Gasteiger partial charge in [0.2, 0.25) is 0 Å². The van der Waals surface area contributed by atoms with Gasteiger partial charge in [-0.25, -0.2) is 0 Å². The zero-order valence-electron chi connectivity index (χ0n) is 12.2. The topological polar surface area (TPSA) is 20.2 Å². The molecule has 0 atom stereocenters. The van der Waals surface area contributed by atoms with Crippen LogP contribution in [0.2, 0.25) is 5.02 Å². The Morgan fingerprint density at radius 2 is 1.48 bits per heavy atom. The number of benzene rings is 2. The second-order valence-corrected chi connectivity index (χ2v) is 6.49. The first-order valence-corrected chi connectivity index (χ1v) is 8.14. The van der Waals surface area contributed by atoms with Crippen molar-refractivity contribution in [1.82, 2.24) is 0 Å². The minimum absolute atomic E-state index is 0.0368.